The summed E-state index contributed by atoms with van der Waals surface area (Å²) in [6.45, 7) is 0.0751. The molecule has 0 saturated carbocycles. The molecular formula is C14H13F3N2O. The summed E-state index contributed by atoms with van der Waals surface area (Å²) in [5.74, 6) is -2.08. The van der Waals surface area contributed by atoms with E-state index < -0.39 is 23.5 Å². The van der Waals surface area contributed by atoms with Crippen LogP contribution < -0.4 is 16.2 Å². The summed E-state index contributed by atoms with van der Waals surface area (Å²) >= 11 is 0. The molecule has 0 aliphatic carbocycles. The average molecular weight is 282 g/mol. The van der Waals surface area contributed by atoms with E-state index in [9.17, 15) is 13.2 Å². The van der Waals surface area contributed by atoms with Crippen LogP contribution in [0.3, 0.4) is 0 Å². The summed E-state index contributed by atoms with van der Waals surface area (Å²) in [6, 6.07) is 5.91. The summed E-state index contributed by atoms with van der Waals surface area (Å²) in [4.78, 5) is 0. The van der Waals surface area contributed by atoms with E-state index in [0.717, 1.165) is 18.2 Å². The molecule has 0 aliphatic rings. The topological polar surface area (TPSA) is 61.3 Å². The highest BCUT2D eigenvalue weighted by atomic mass is 19.1. The van der Waals surface area contributed by atoms with Crippen LogP contribution in [0.25, 0.3) is 0 Å². The molecule has 0 amide bonds. The van der Waals surface area contributed by atoms with Gasteiger partial charge in [-0.2, -0.15) is 0 Å². The lowest BCUT2D eigenvalue weighted by molar-refractivity contribution is 0.428. The maximum atomic E-state index is 13.5. The highest BCUT2D eigenvalue weighted by Gasteiger charge is 2.14. The molecule has 0 bridgehead atoms. The van der Waals surface area contributed by atoms with E-state index in [0.29, 0.717) is 11.6 Å². The van der Waals surface area contributed by atoms with Crippen molar-refractivity contribution < 1.29 is 17.9 Å². The van der Waals surface area contributed by atoms with Gasteiger partial charge in [0, 0.05) is 24.2 Å². The smallest absolute Gasteiger partial charge is 0.168 e. The molecule has 0 radical (unpaired) electrons. The largest absolute Gasteiger partial charge is 0.454 e. The number of hydrogen-bond acceptors (Lipinski definition) is 3. The predicted octanol–water partition coefficient (Wildman–Crippen LogP) is 2.85. The lowest BCUT2D eigenvalue weighted by Gasteiger charge is -2.16. The van der Waals surface area contributed by atoms with Gasteiger partial charge in [-0.3, -0.25) is 0 Å². The van der Waals surface area contributed by atoms with Crippen LogP contribution in [-0.2, 0) is 0 Å². The fourth-order valence-corrected chi connectivity index (χ4v) is 1.71. The van der Waals surface area contributed by atoms with Gasteiger partial charge in [0.05, 0.1) is 0 Å². The van der Waals surface area contributed by atoms with Crippen molar-refractivity contribution in [1.82, 2.24) is 0 Å². The molecule has 0 saturated heterocycles. The van der Waals surface area contributed by atoms with E-state index >= 15 is 0 Å². The Kier molecular flexibility index (Phi) is 4.26. The van der Waals surface area contributed by atoms with Crippen molar-refractivity contribution >= 4 is 0 Å². The third kappa shape index (κ3) is 3.09. The van der Waals surface area contributed by atoms with Crippen LogP contribution in [0.5, 0.6) is 11.5 Å². The minimum atomic E-state index is -0.860. The summed E-state index contributed by atoms with van der Waals surface area (Å²) in [7, 11) is 0. The van der Waals surface area contributed by atoms with Gasteiger partial charge in [-0.05, 0) is 30.3 Å². The molecule has 2 rings (SSSR count). The van der Waals surface area contributed by atoms with Crippen molar-refractivity contribution in [1.29, 1.82) is 0 Å². The Labute approximate surface area is 114 Å². The van der Waals surface area contributed by atoms with Crippen LogP contribution in [-0.4, -0.2) is 6.54 Å². The Morgan fingerprint density at radius 3 is 2.15 bits per heavy atom. The lowest BCUT2D eigenvalue weighted by Crippen LogP contribution is -2.21. The van der Waals surface area contributed by atoms with Gasteiger partial charge in [-0.25, -0.2) is 13.2 Å². The maximum Gasteiger partial charge on any atom is 0.168 e. The number of hydrogen-bond donors (Lipinski definition) is 2. The van der Waals surface area contributed by atoms with Gasteiger partial charge in [-0.1, -0.05) is 0 Å². The van der Waals surface area contributed by atoms with E-state index in [1.807, 2.05) is 0 Å². The first-order valence-corrected chi connectivity index (χ1v) is 5.89. The van der Waals surface area contributed by atoms with Crippen LogP contribution >= 0.6 is 0 Å². The normalized spacial score (nSPS) is 12.2. The lowest BCUT2D eigenvalue weighted by atomic mass is 10.1. The molecule has 6 heteroatoms. The number of benzene rings is 2. The molecule has 4 N–H and O–H groups in total. The fourth-order valence-electron chi connectivity index (χ4n) is 1.71. The van der Waals surface area contributed by atoms with E-state index in [4.69, 9.17) is 16.2 Å². The van der Waals surface area contributed by atoms with E-state index in [1.54, 1.807) is 0 Å². The van der Waals surface area contributed by atoms with E-state index in [-0.39, 0.29) is 18.0 Å². The molecule has 3 nitrogen and oxygen atoms in total. The second-order valence-corrected chi connectivity index (χ2v) is 4.20. The second kappa shape index (κ2) is 5.94. The minimum Gasteiger partial charge on any atom is -0.454 e. The van der Waals surface area contributed by atoms with Crippen LogP contribution in [0.4, 0.5) is 13.2 Å². The number of halogens is 3. The van der Waals surface area contributed by atoms with Gasteiger partial charge in [0.25, 0.3) is 0 Å². The zero-order valence-corrected chi connectivity index (χ0v) is 10.4. The van der Waals surface area contributed by atoms with E-state index in [1.165, 1.54) is 12.1 Å². The van der Waals surface area contributed by atoms with Crippen LogP contribution in [0.15, 0.2) is 36.4 Å². The molecule has 2 aromatic carbocycles. The second-order valence-electron chi connectivity index (χ2n) is 4.20. The Balaban J connectivity index is 2.37. The zero-order chi connectivity index (χ0) is 14.7. The van der Waals surface area contributed by atoms with Crippen molar-refractivity contribution in [3.8, 4) is 11.5 Å². The quantitative estimate of drug-likeness (QED) is 0.906. The Bertz CT molecular complexity index is 619. The van der Waals surface area contributed by atoms with Crippen molar-refractivity contribution in [2.24, 2.45) is 11.5 Å². The predicted molar refractivity (Wildman–Crippen MR) is 68.8 cm³/mol. The molecular weight excluding hydrogens is 269 g/mol. The monoisotopic (exact) mass is 282 g/mol. The molecule has 0 fully saturated rings. The van der Waals surface area contributed by atoms with Crippen LogP contribution in [0, 0.1) is 17.5 Å². The Morgan fingerprint density at radius 2 is 1.55 bits per heavy atom. The summed E-state index contributed by atoms with van der Waals surface area (Å²) < 4.78 is 44.9. The van der Waals surface area contributed by atoms with Gasteiger partial charge >= 0.3 is 0 Å². The summed E-state index contributed by atoms with van der Waals surface area (Å²) in [5.41, 5.74) is 11.5. The summed E-state index contributed by atoms with van der Waals surface area (Å²) in [6.07, 6.45) is 0. The molecule has 0 spiro atoms. The standard InChI is InChI=1S/C14H13F3N2O/c15-8-1-3-13(10(5-8)12(19)7-18)20-14-4-2-9(16)6-11(14)17/h1-6,12H,7,18-19H2. The SMILES string of the molecule is NCC(N)c1cc(F)ccc1Oc1ccc(F)cc1F. The van der Waals surface area contributed by atoms with Crippen molar-refractivity contribution in [2.45, 2.75) is 6.04 Å². The minimum absolute atomic E-state index is 0.0751. The third-order valence-electron chi connectivity index (χ3n) is 2.74. The average Bonchev–Trinajstić information content (AvgIpc) is 2.42. The molecule has 2 aromatic rings. The molecule has 20 heavy (non-hydrogen) atoms. The van der Waals surface area contributed by atoms with Crippen LogP contribution in [0.2, 0.25) is 0 Å². The Hall–Kier alpha value is -2.05. The van der Waals surface area contributed by atoms with E-state index in [2.05, 4.69) is 0 Å². The third-order valence-corrected chi connectivity index (χ3v) is 2.74. The van der Waals surface area contributed by atoms with Gasteiger partial charge in [-0.15, -0.1) is 0 Å². The first kappa shape index (κ1) is 14.4. The fraction of sp³-hybridized carbons (Fsp3) is 0.143. The van der Waals surface area contributed by atoms with Crippen molar-refractivity contribution in [3.63, 3.8) is 0 Å². The van der Waals surface area contributed by atoms with Gasteiger partial charge < -0.3 is 16.2 Å². The van der Waals surface area contributed by atoms with Crippen LogP contribution in [0.1, 0.15) is 11.6 Å². The Morgan fingerprint density at radius 1 is 0.950 bits per heavy atom. The highest BCUT2D eigenvalue weighted by Crippen LogP contribution is 2.31. The number of rotatable bonds is 4. The first-order valence-electron chi connectivity index (χ1n) is 5.89. The molecule has 1 unspecified atom stereocenters. The van der Waals surface area contributed by atoms with Gasteiger partial charge in [0.2, 0.25) is 0 Å². The summed E-state index contributed by atoms with van der Waals surface area (Å²) in [5, 5.41) is 0. The number of ether oxygens (including phenoxy) is 1. The molecule has 1 atom stereocenters. The zero-order valence-electron chi connectivity index (χ0n) is 10.4. The number of nitrogens with two attached hydrogens (primary N) is 2. The molecule has 106 valence electrons. The first-order chi connectivity index (χ1) is 9.51. The van der Waals surface area contributed by atoms with Crippen molar-refractivity contribution in [2.75, 3.05) is 6.54 Å². The highest BCUT2D eigenvalue weighted by molar-refractivity contribution is 5.40. The van der Waals surface area contributed by atoms with Gasteiger partial charge in [0.1, 0.15) is 17.4 Å². The maximum absolute atomic E-state index is 13.5. The molecule has 0 aliphatic heterocycles. The molecule has 0 heterocycles. The van der Waals surface area contributed by atoms with Crippen molar-refractivity contribution in [3.05, 3.63) is 59.4 Å². The van der Waals surface area contributed by atoms with Gasteiger partial charge in [0.15, 0.2) is 11.6 Å². The molecule has 0 aromatic heterocycles.